The highest BCUT2D eigenvalue weighted by atomic mass is 32.2. The van der Waals surface area contributed by atoms with Crippen molar-refractivity contribution < 1.29 is 22.7 Å². The summed E-state index contributed by atoms with van der Waals surface area (Å²) in [5, 5.41) is 2.00. The maximum Gasteiger partial charge on any atom is 0.243 e. The molecule has 0 atom stereocenters. The molecule has 156 valence electrons. The summed E-state index contributed by atoms with van der Waals surface area (Å²) in [6.07, 6.45) is 1.95. The number of sulfonamides is 1. The van der Waals surface area contributed by atoms with Crippen molar-refractivity contribution in [2.24, 2.45) is 0 Å². The number of hydrogen-bond donors (Lipinski definition) is 0. The molecular formula is C20H24N2O5S2. The van der Waals surface area contributed by atoms with Crippen LogP contribution in [0.5, 0.6) is 11.5 Å². The van der Waals surface area contributed by atoms with Crippen LogP contribution in [0.25, 0.3) is 0 Å². The van der Waals surface area contributed by atoms with Crippen LogP contribution < -0.4 is 9.47 Å². The number of fused-ring (bicyclic) bond motifs is 1. The van der Waals surface area contributed by atoms with Crippen LogP contribution in [-0.4, -0.2) is 62.9 Å². The topological polar surface area (TPSA) is 76.2 Å². The maximum absolute atomic E-state index is 13.0. The number of ether oxygens (including phenoxy) is 2. The van der Waals surface area contributed by atoms with Gasteiger partial charge in [0.15, 0.2) is 11.5 Å². The second-order valence-corrected chi connectivity index (χ2v) is 9.99. The molecule has 29 heavy (non-hydrogen) atoms. The van der Waals surface area contributed by atoms with E-state index >= 15 is 0 Å². The zero-order valence-corrected chi connectivity index (χ0v) is 17.7. The predicted octanol–water partition coefficient (Wildman–Crippen LogP) is 2.38. The highest BCUT2D eigenvalue weighted by molar-refractivity contribution is 7.89. The number of aryl methyl sites for hydroxylation is 1. The van der Waals surface area contributed by atoms with Crippen molar-refractivity contribution in [3.05, 3.63) is 40.6 Å². The van der Waals surface area contributed by atoms with Gasteiger partial charge in [-0.2, -0.15) is 4.31 Å². The van der Waals surface area contributed by atoms with Crippen molar-refractivity contribution in [3.63, 3.8) is 0 Å². The fourth-order valence-corrected chi connectivity index (χ4v) is 5.62. The summed E-state index contributed by atoms with van der Waals surface area (Å²) < 4.78 is 38.7. The minimum atomic E-state index is -3.64. The van der Waals surface area contributed by atoms with Crippen molar-refractivity contribution in [1.82, 2.24) is 9.21 Å². The van der Waals surface area contributed by atoms with Gasteiger partial charge in [-0.1, -0.05) is 6.07 Å². The summed E-state index contributed by atoms with van der Waals surface area (Å²) in [5.74, 6) is 1.11. The van der Waals surface area contributed by atoms with E-state index in [0.29, 0.717) is 57.3 Å². The molecule has 1 amide bonds. The van der Waals surface area contributed by atoms with Crippen molar-refractivity contribution in [2.75, 3.05) is 39.4 Å². The molecule has 2 aromatic rings. The van der Waals surface area contributed by atoms with Gasteiger partial charge in [0.2, 0.25) is 15.9 Å². The third-order valence-corrected chi connectivity index (χ3v) is 7.94. The minimum absolute atomic E-state index is 0.0750. The Labute approximate surface area is 174 Å². The van der Waals surface area contributed by atoms with Gasteiger partial charge in [-0.05, 0) is 30.0 Å². The van der Waals surface area contributed by atoms with Crippen molar-refractivity contribution in [3.8, 4) is 11.5 Å². The van der Waals surface area contributed by atoms with Crippen LogP contribution >= 0.6 is 11.3 Å². The highest BCUT2D eigenvalue weighted by Crippen LogP contribution is 2.33. The number of amides is 1. The molecule has 0 N–H and O–H groups in total. The standard InChI is InChI=1S/C20H24N2O5S2/c23-20(7-4-16-3-1-14-28-16)21-8-10-22(11-9-21)29(24,25)17-5-6-18-19(15-17)27-13-2-12-26-18/h1,3,5-6,14-15H,2,4,7-13H2. The lowest BCUT2D eigenvalue weighted by atomic mass is 10.2. The molecule has 1 saturated heterocycles. The van der Waals surface area contributed by atoms with E-state index in [1.54, 1.807) is 28.4 Å². The van der Waals surface area contributed by atoms with Gasteiger partial charge in [0.1, 0.15) is 0 Å². The Balaban J connectivity index is 1.37. The van der Waals surface area contributed by atoms with Crippen molar-refractivity contribution in [2.45, 2.75) is 24.2 Å². The number of nitrogens with zero attached hydrogens (tertiary/aromatic N) is 2. The molecule has 3 heterocycles. The Kier molecular flexibility index (Phi) is 6.07. The second-order valence-electron chi connectivity index (χ2n) is 7.02. The van der Waals surface area contributed by atoms with Gasteiger partial charge < -0.3 is 14.4 Å². The zero-order valence-electron chi connectivity index (χ0n) is 16.1. The molecular weight excluding hydrogens is 412 g/mol. The normalized spacial score (nSPS) is 17.7. The third kappa shape index (κ3) is 4.57. The molecule has 1 aromatic heterocycles. The molecule has 1 fully saturated rings. The molecule has 0 spiro atoms. The number of rotatable bonds is 5. The van der Waals surface area contributed by atoms with Gasteiger partial charge in [-0.25, -0.2) is 8.42 Å². The third-order valence-electron chi connectivity index (χ3n) is 5.11. The Morgan fingerprint density at radius 1 is 1.03 bits per heavy atom. The predicted molar refractivity (Wildman–Crippen MR) is 110 cm³/mol. The van der Waals surface area contributed by atoms with E-state index in [-0.39, 0.29) is 10.8 Å². The first-order valence-corrected chi connectivity index (χ1v) is 12.1. The molecule has 0 unspecified atom stereocenters. The lowest BCUT2D eigenvalue weighted by Gasteiger charge is -2.34. The fourth-order valence-electron chi connectivity index (χ4n) is 3.47. The van der Waals surface area contributed by atoms with E-state index in [1.807, 2.05) is 17.5 Å². The number of piperazine rings is 1. The molecule has 0 saturated carbocycles. The van der Waals surface area contributed by atoms with E-state index < -0.39 is 10.0 Å². The Morgan fingerprint density at radius 2 is 1.79 bits per heavy atom. The van der Waals surface area contributed by atoms with Crippen molar-refractivity contribution >= 4 is 27.3 Å². The lowest BCUT2D eigenvalue weighted by molar-refractivity contribution is -0.132. The summed E-state index contributed by atoms with van der Waals surface area (Å²) in [5.41, 5.74) is 0. The summed E-state index contributed by atoms with van der Waals surface area (Å²) in [6, 6.07) is 8.75. The van der Waals surface area contributed by atoms with Crippen LogP contribution in [0.2, 0.25) is 0 Å². The van der Waals surface area contributed by atoms with Crippen LogP contribution in [-0.2, 0) is 21.2 Å². The van der Waals surface area contributed by atoms with Crippen LogP contribution in [0, 0.1) is 0 Å². The van der Waals surface area contributed by atoms with Crippen LogP contribution in [0.15, 0.2) is 40.6 Å². The average Bonchev–Trinajstić information content (AvgIpc) is 3.15. The highest BCUT2D eigenvalue weighted by Gasteiger charge is 2.31. The summed E-state index contributed by atoms with van der Waals surface area (Å²) in [7, 11) is -3.64. The van der Waals surface area contributed by atoms with Gasteiger partial charge in [0.25, 0.3) is 0 Å². The minimum Gasteiger partial charge on any atom is -0.490 e. The van der Waals surface area contributed by atoms with E-state index in [4.69, 9.17) is 9.47 Å². The van der Waals surface area contributed by atoms with E-state index in [9.17, 15) is 13.2 Å². The average molecular weight is 437 g/mol. The molecule has 2 aliphatic heterocycles. The molecule has 2 aliphatic rings. The molecule has 9 heteroatoms. The van der Waals surface area contributed by atoms with Crippen LogP contribution in [0.4, 0.5) is 0 Å². The van der Waals surface area contributed by atoms with E-state index in [0.717, 1.165) is 12.8 Å². The molecule has 4 rings (SSSR count). The summed E-state index contributed by atoms with van der Waals surface area (Å²) in [4.78, 5) is 15.6. The fraction of sp³-hybridized carbons (Fsp3) is 0.450. The smallest absolute Gasteiger partial charge is 0.243 e. The van der Waals surface area contributed by atoms with Crippen LogP contribution in [0.3, 0.4) is 0 Å². The molecule has 0 radical (unpaired) electrons. The van der Waals surface area contributed by atoms with Gasteiger partial charge in [0, 0.05) is 50.0 Å². The first kappa shape index (κ1) is 20.2. The second kappa shape index (κ2) is 8.73. The number of thiophene rings is 1. The van der Waals surface area contributed by atoms with Crippen LogP contribution in [0.1, 0.15) is 17.7 Å². The van der Waals surface area contributed by atoms with Crippen molar-refractivity contribution in [1.29, 1.82) is 0 Å². The monoisotopic (exact) mass is 436 g/mol. The molecule has 1 aromatic carbocycles. The Morgan fingerprint density at radius 3 is 2.52 bits per heavy atom. The largest absolute Gasteiger partial charge is 0.490 e. The number of benzene rings is 1. The molecule has 7 nitrogen and oxygen atoms in total. The zero-order chi connectivity index (χ0) is 20.3. The Bertz CT molecular complexity index is 951. The molecule has 0 aliphatic carbocycles. The summed E-state index contributed by atoms with van der Waals surface area (Å²) >= 11 is 1.65. The first-order chi connectivity index (χ1) is 14.0. The number of carbonyl (C=O) groups excluding carboxylic acids is 1. The summed E-state index contributed by atoms with van der Waals surface area (Å²) in [6.45, 7) is 2.47. The maximum atomic E-state index is 13.0. The lowest BCUT2D eigenvalue weighted by Crippen LogP contribution is -2.50. The van der Waals surface area contributed by atoms with E-state index in [1.165, 1.54) is 15.2 Å². The van der Waals surface area contributed by atoms with Gasteiger partial charge in [0.05, 0.1) is 18.1 Å². The van der Waals surface area contributed by atoms with E-state index in [2.05, 4.69) is 0 Å². The SMILES string of the molecule is O=C(CCc1cccs1)N1CCN(S(=O)(=O)c2ccc3c(c2)OCCCO3)CC1. The Hall–Kier alpha value is -2.10. The quantitative estimate of drug-likeness (QED) is 0.719. The number of carbonyl (C=O) groups is 1. The molecule has 0 bridgehead atoms. The number of hydrogen-bond acceptors (Lipinski definition) is 6. The van der Waals surface area contributed by atoms with Gasteiger partial charge in [-0.15, -0.1) is 11.3 Å². The first-order valence-electron chi connectivity index (χ1n) is 9.74. The van der Waals surface area contributed by atoms with Gasteiger partial charge in [-0.3, -0.25) is 4.79 Å². The van der Waals surface area contributed by atoms with Gasteiger partial charge >= 0.3 is 0 Å².